The number of amides is 1. The van der Waals surface area contributed by atoms with Gasteiger partial charge in [-0.2, -0.15) is 0 Å². The number of nitrogens with zero attached hydrogens (tertiary/aromatic N) is 1. The summed E-state index contributed by atoms with van der Waals surface area (Å²) in [5, 5.41) is 2.95. The molecule has 6 heteroatoms. The number of pyridine rings is 1. The SMILES string of the molecule is O=C(Nc1ccc(OCc2ccccn2)c(Cl)c1)c1ccccc1F. The van der Waals surface area contributed by atoms with Gasteiger partial charge in [0.05, 0.1) is 16.3 Å². The summed E-state index contributed by atoms with van der Waals surface area (Å²) < 4.78 is 19.3. The van der Waals surface area contributed by atoms with Crippen molar-refractivity contribution in [2.75, 3.05) is 5.32 Å². The zero-order valence-corrected chi connectivity index (χ0v) is 13.8. The molecule has 3 rings (SSSR count). The van der Waals surface area contributed by atoms with Crippen LogP contribution >= 0.6 is 11.6 Å². The minimum Gasteiger partial charge on any atom is -0.486 e. The number of hydrogen-bond donors (Lipinski definition) is 1. The summed E-state index contributed by atoms with van der Waals surface area (Å²) in [6, 6.07) is 16.1. The molecular weight excluding hydrogens is 343 g/mol. The standard InChI is InChI=1S/C19H14ClFN2O2/c20-16-11-13(23-19(24)15-6-1-2-7-17(15)21)8-9-18(16)25-12-14-5-3-4-10-22-14/h1-11H,12H2,(H,23,24). The summed E-state index contributed by atoms with van der Waals surface area (Å²) in [5.74, 6) is -0.658. The number of hydrogen-bond acceptors (Lipinski definition) is 3. The molecule has 1 N–H and O–H groups in total. The van der Waals surface area contributed by atoms with Gasteiger partial charge in [-0.25, -0.2) is 4.39 Å². The lowest BCUT2D eigenvalue weighted by molar-refractivity contribution is 0.102. The van der Waals surface area contributed by atoms with Gasteiger partial charge in [-0.3, -0.25) is 9.78 Å². The van der Waals surface area contributed by atoms with Crippen LogP contribution in [0, 0.1) is 5.82 Å². The van der Waals surface area contributed by atoms with Crippen molar-refractivity contribution in [3.63, 3.8) is 0 Å². The van der Waals surface area contributed by atoms with Crippen LogP contribution < -0.4 is 10.1 Å². The number of nitrogens with one attached hydrogen (secondary N) is 1. The normalized spacial score (nSPS) is 10.3. The van der Waals surface area contributed by atoms with Crippen molar-refractivity contribution >= 4 is 23.2 Å². The third-order valence-electron chi connectivity index (χ3n) is 3.41. The second-order valence-corrected chi connectivity index (χ2v) is 5.60. The van der Waals surface area contributed by atoms with Crippen LogP contribution in [-0.4, -0.2) is 10.9 Å². The lowest BCUT2D eigenvalue weighted by Gasteiger charge is -2.10. The van der Waals surface area contributed by atoms with Gasteiger partial charge in [-0.05, 0) is 42.5 Å². The Labute approximate surface area is 149 Å². The quantitative estimate of drug-likeness (QED) is 0.720. The van der Waals surface area contributed by atoms with Crippen LogP contribution in [0.5, 0.6) is 5.75 Å². The fraction of sp³-hybridized carbons (Fsp3) is 0.0526. The van der Waals surface area contributed by atoms with E-state index in [1.807, 2.05) is 18.2 Å². The van der Waals surface area contributed by atoms with Gasteiger partial charge < -0.3 is 10.1 Å². The van der Waals surface area contributed by atoms with Crippen molar-refractivity contribution in [2.24, 2.45) is 0 Å². The summed E-state index contributed by atoms with van der Waals surface area (Å²) in [6.07, 6.45) is 1.68. The zero-order valence-electron chi connectivity index (χ0n) is 13.1. The largest absolute Gasteiger partial charge is 0.486 e. The molecule has 0 spiro atoms. The fourth-order valence-corrected chi connectivity index (χ4v) is 2.41. The van der Waals surface area contributed by atoms with E-state index < -0.39 is 11.7 Å². The number of carbonyl (C=O) groups excluding carboxylic acids is 1. The van der Waals surface area contributed by atoms with Gasteiger partial charge in [0.1, 0.15) is 18.2 Å². The summed E-state index contributed by atoms with van der Waals surface area (Å²) in [5.41, 5.74) is 1.19. The Morgan fingerprint density at radius 1 is 1.12 bits per heavy atom. The second kappa shape index (κ2) is 7.77. The highest BCUT2D eigenvalue weighted by Crippen LogP contribution is 2.28. The first-order valence-corrected chi connectivity index (χ1v) is 7.89. The molecule has 0 fully saturated rings. The van der Waals surface area contributed by atoms with E-state index in [4.69, 9.17) is 16.3 Å². The van der Waals surface area contributed by atoms with Gasteiger partial charge in [0.15, 0.2) is 0 Å². The summed E-state index contributed by atoms with van der Waals surface area (Å²) in [4.78, 5) is 16.3. The molecule has 2 aromatic carbocycles. The third-order valence-corrected chi connectivity index (χ3v) is 3.71. The third kappa shape index (κ3) is 4.33. The van der Waals surface area contributed by atoms with Gasteiger partial charge in [0, 0.05) is 11.9 Å². The molecule has 0 aliphatic heterocycles. The molecule has 0 atom stereocenters. The molecule has 0 radical (unpaired) electrons. The number of carbonyl (C=O) groups is 1. The number of benzene rings is 2. The number of ether oxygens (including phenoxy) is 1. The predicted molar refractivity (Wildman–Crippen MR) is 94.4 cm³/mol. The van der Waals surface area contributed by atoms with E-state index in [0.29, 0.717) is 16.5 Å². The monoisotopic (exact) mass is 356 g/mol. The first-order valence-electron chi connectivity index (χ1n) is 7.51. The maximum Gasteiger partial charge on any atom is 0.258 e. The molecule has 0 saturated carbocycles. The molecule has 4 nitrogen and oxygen atoms in total. The van der Waals surface area contributed by atoms with Crippen molar-refractivity contribution in [1.82, 2.24) is 4.98 Å². The molecule has 1 heterocycles. The molecule has 0 aliphatic carbocycles. The fourth-order valence-electron chi connectivity index (χ4n) is 2.17. The number of rotatable bonds is 5. The van der Waals surface area contributed by atoms with Crippen molar-refractivity contribution in [2.45, 2.75) is 6.61 Å². The highest BCUT2D eigenvalue weighted by Gasteiger charge is 2.12. The lowest BCUT2D eigenvalue weighted by Crippen LogP contribution is -2.13. The Balaban J connectivity index is 1.67. The summed E-state index contributed by atoms with van der Waals surface area (Å²) >= 11 is 6.19. The van der Waals surface area contributed by atoms with Crippen LogP contribution in [0.25, 0.3) is 0 Å². The number of anilines is 1. The molecule has 25 heavy (non-hydrogen) atoms. The average molecular weight is 357 g/mol. The van der Waals surface area contributed by atoms with E-state index >= 15 is 0 Å². The molecule has 3 aromatic rings. The van der Waals surface area contributed by atoms with Crippen molar-refractivity contribution in [3.05, 3.63) is 89.0 Å². The Morgan fingerprint density at radius 3 is 2.64 bits per heavy atom. The van der Waals surface area contributed by atoms with Crippen molar-refractivity contribution < 1.29 is 13.9 Å². The molecule has 1 aromatic heterocycles. The second-order valence-electron chi connectivity index (χ2n) is 5.19. The number of halogens is 2. The maximum absolute atomic E-state index is 13.6. The van der Waals surface area contributed by atoms with Gasteiger partial charge >= 0.3 is 0 Å². The van der Waals surface area contributed by atoms with E-state index in [0.717, 1.165) is 5.69 Å². The molecule has 126 valence electrons. The average Bonchev–Trinajstić information content (AvgIpc) is 2.62. The van der Waals surface area contributed by atoms with Gasteiger partial charge in [-0.1, -0.05) is 29.8 Å². The minimum atomic E-state index is -0.582. The highest BCUT2D eigenvalue weighted by molar-refractivity contribution is 6.32. The van der Waals surface area contributed by atoms with Crippen LogP contribution in [0.15, 0.2) is 66.9 Å². The minimum absolute atomic E-state index is 0.0332. The highest BCUT2D eigenvalue weighted by atomic mass is 35.5. The van der Waals surface area contributed by atoms with Crippen LogP contribution in [-0.2, 0) is 6.61 Å². The van der Waals surface area contributed by atoms with Crippen LogP contribution in [0.3, 0.4) is 0 Å². The lowest BCUT2D eigenvalue weighted by atomic mass is 10.2. The maximum atomic E-state index is 13.6. The van der Waals surface area contributed by atoms with E-state index in [1.54, 1.807) is 30.5 Å². The number of aromatic nitrogens is 1. The van der Waals surface area contributed by atoms with Gasteiger partial charge in [-0.15, -0.1) is 0 Å². The predicted octanol–water partition coefficient (Wildman–Crippen LogP) is 4.71. The van der Waals surface area contributed by atoms with E-state index in [2.05, 4.69) is 10.3 Å². The first-order chi connectivity index (χ1) is 12.1. The van der Waals surface area contributed by atoms with Crippen molar-refractivity contribution in [1.29, 1.82) is 0 Å². The van der Waals surface area contributed by atoms with Gasteiger partial charge in [0.2, 0.25) is 0 Å². The van der Waals surface area contributed by atoms with Crippen LogP contribution in [0.2, 0.25) is 5.02 Å². The van der Waals surface area contributed by atoms with E-state index in [9.17, 15) is 9.18 Å². The topological polar surface area (TPSA) is 51.2 Å². The molecule has 0 unspecified atom stereocenters. The van der Waals surface area contributed by atoms with Crippen LogP contribution in [0.1, 0.15) is 16.1 Å². The first kappa shape index (κ1) is 16.9. The summed E-state index contributed by atoms with van der Waals surface area (Å²) in [6.45, 7) is 0.279. The molecule has 1 amide bonds. The van der Waals surface area contributed by atoms with E-state index in [-0.39, 0.29) is 12.2 Å². The Bertz CT molecular complexity index is 888. The molecule has 0 aliphatic rings. The molecular formula is C19H14ClFN2O2. The van der Waals surface area contributed by atoms with E-state index in [1.165, 1.54) is 18.2 Å². The zero-order chi connectivity index (χ0) is 17.6. The smallest absolute Gasteiger partial charge is 0.258 e. The Hall–Kier alpha value is -2.92. The Morgan fingerprint density at radius 2 is 1.92 bits per heavy atom. The van der Waals surface area contributed by atoms with Crippen LogP contribution in [0.4, 0.5) is 10.1 Å². The van der Waals surface area contributed by atoms with Crippen molar-refractivity contribution in [3.8, 4) is 5.75 Å². The molecule has 0 saturated heterocycles. The van der Waals surface area contributed by atoms with Gasteiger partial charge in [0.25, 0.3) is 5.91 Å². The molecule has 0 bridgehead atoms. The summed E-state index contributed by atoms with van der Waals surface area (Å²) in [7, 11) is 0. The Kier molecular flexibility index (Phi) is 5.26.